The van der Waals surface area contributed by atoms with Gasteiger partial charge in [0.2, 0.25) is 0 Å². The van der Waals surface area contributed by atoms with Gasteiger partial charge in [-0.2, -0.15) is 13.2 Å². The molecule has 0 atom stereocenters. The summed E-state index contributed by atoms with van der Waals surface area (Å²) in [5, 5.41) is 0. The van der Waals surface area contributed by atoms with Crippen molar-refractivity contribution in [2.45, 2.75) is 19.5 Å². The molecular formula is C13H10F3N2. The molecule has 0 saturated heterocycles. The van der Waals surface area contributed by atoms with Gasteiger partial charge in [0.05, 0.1) is 11.8 Å². The normalized spacial score (nSPS) is 11.6. The first-order valence-corrected chi connectivity index (χ1v) is 5.31. The fraction of sp³-hybridized carbons (Fsp3) is 0.231. The molecule has 1 radical (unpaired) electrons. The summed E-state index contributed by atoms with van der Waals surface area (Å²) < 4.78 is 37.2. The van der Waals surface area contributed by atoms with Crippen molar-refractivity contribution in [1.29, 1.82) is 0 Å². The summed E-state index contributed by atoms with van der Waals surface area (Å²) in [4.78, 5) is 7.79. The average Bonchev–Trinajstić information content (AvgIpc) is 2.32. The lowest BCUT2D eigenvalue weighted by molar-refractivity contribution is -0.137. The summed E-state index contributed by atoms with van der Waals surface area (Å²) in [5.74, 6) is 0. The Labute approximate surface area is 103 Å². The molecule has 2 aromatic rings. The smallest absolute Gasteiger partial charge is 0.241 e. The fourth-order valence-corrected chi connectivity index (χ4v) is 1.56. The van der Waals surface area contributed by atoms with Crippen molar-refractivity contribution in [3.8, 4) is 0 Å². The van der Waals surface area contributed by atoms with E-state index in [9.17, 15) is 13.2 Å². The zero-order chi connectivity index (χ0) is 13.2. The van der Waals surface area contributed by atoms with E-state index in [1.807, 2.05) is 6.92 Å². The summed E-state index contributed by atoms with van der Waals surface area (Å²) >= 11 is 0. The molecule has 0 spiro atoms. The van der Waals surface area contributed by atoms with Crippen LogP contribution < -0.4 is 0 Å². The second-order valence-corrected chi connectivity index (χ2v) is 3.92. The van der Waals surface area contributed by atoms with E-state index >= 15 is 0 Å². The topological polar surface area (TPSA) is 25.8 Å². The average molecular weight is 251 g/mol. The van der Waals surface area contributed by atoms with E-state index in [0.29, 0.717) is 6.42 Å². The highest BCUT2D eigenvalue weighted by atomic mass is 19.4. The van der Waals surface area contributed by atoms with Crippen LogP contribution in [-0.2, 0) is 12.6 Å². The largest absolute Gasteiger partial charge is 0.416 e. The van der Waals surface area contributed by atoms with E-state index in [1.165, 1.54) is 18.5 Å². The van der Waals surface area contributed by atoms with Gasteiger partial charge in [0.15, 0.2) is 0 Å². The van der Waals surface area contributed by atoms with Gasteiger partial charge in [-0.25, -0.2) is 9.97 Å². The predicted octanol–water partition coefficient (Wildman–Crippen LogP) is 3.19. The van der Waals surface area contributed by atoms with Gasteiger partial charge in [0.25, 0.3) is 0 Å². The molecule has 0 saturated carbocycles. The van der Waals surface area contributed by atoms with E-state index in [2.05, 4.69) is 16.2 Å². The lowest BCUT2D eigenvalue weighted by Gasteiger charge is -2.08. The van der Waals surface area contributed by atoms with Crippen LogP contribution in [0, 0.1) is 13.1 Å². The summed E-state index contributed by atoms with van der Waals surface area (Å²) in [6.07, 6.45) is 0.372. The van der Waals surface area contributed by atoms with Crippen molar-refractivity contribution in [1.82, 2.24) is 9.97 Å². The monoisotopic (exact) mass is 251 g/mol. The highest BCUT2D eigenvalue weighted by molar-refractivity contribution is 5.29. The van der Waals surface area contributed by atoms with Crippen molar-refractivity contribution in [3.63, 3.8) is 0 Å². The second-order valence-electron chi connectivity index (χ2n) is 3.92. The number of hydrogen-bond donors (Lipinski definition) is 0. The molecule has 0 amide bonds. The maximum Gasteiger partial charge on any atom is 0.416 e. The van der Waals surface area contributed by atoms with Crippen LogP contribution >= 0.6 is 0 Å². The Morgan fingerprint density at radius 3 is 2.39 bits per heavy atom. The number of rotatable bonds is 2. The van der Waals surface area contributed by atoms with Crippen molar-refractivity contribution in [2.75, 3.05) is 0 Å². The van der Waals surface area contributed by atoms with Crippen molar-refractivity contribution in [2.24, 2.45) is 0 Å². The van der Waals surface area contributed by atoms with Crippen molar-refractivity contribution >= 4 is 0 Å². The van der Waals surface area contributed by atoms with Crippen LogP contribution in [0.5, 0.6) is 0 Å². The van der Waals surface area contributed by atoms with Crippen LogP contribution in [0.2, 0.25) is 0 Å². The van der Waals surface area contributed by atoms with Gasteiger partial charge in [-0.1, -0.05) is 12.1 Å². The Hall–Kier alpha value is -1.91. The van der Waals surface area contributed by atoms with Crippen LogP contribution in [0.4, 0.5) is 13.2 Å². The van der Waals surface area contributed by atoms with E-state index < -0.39 is 11.7 Å². The molecule has 5 heteroatoms. The van der Waals surface area contributed by atoms with Crippen molar-refractivity contribution < 1.29 is 13.2 Å². The maximum atomic E-state index is 12.4. The minimum absolute atomic E-state index is 0.477. The molecule has 1 aromatic carbocycles. The molecule has 0 aliphatic carbocycles. The molecule has 0 fully saturated rings. The zero-order valence-electron chi connectivity index (χ0n) is 9.62. The summed E-state index contributed by atoms with van der Waals surface area (Å²) in [6, 6.07) is 5.08. The predicted molar refractivity (Wildman–Crippen MR) is 59.9 cm³/mol. The molecule has 0 bridgehead atoms. The third kappa shape index (κ3) is 2.85. The molecule has 1 heterocycles. The Balaban J connectivity index is 2.19. The van der Waals surface area contributed by atoms with Crippen LogP contribution in [0.15, 0.2) is 30.6 Å². The fourth-order valence-electron chi connectivity index (χ4n) is 1.56. The maximum absolute atomic E-state index is 12.4. The van der Waals surface area contributed by atoms with Gasteiger partial charge in [-0.15, -0.1) is 0 Å². The lowest BCUT2D eigenvalue weighted by atomic mass is 10.0. The minimum atomic E-state index is -4.30. The van der Waals surface area contributed by atoms with E-state index in [1.54, 1.807) is 0 Å². The highest BCUT2D eigenvalue weighted by Gasteiger charge is 2.29. The summed E-state index contributed by atoms with van der Waals surface area (Å²) in [5.41, 5.74) is 1.70. The molecule has 93 valence electrons. The van der Waals surface area contributed by atoms with E-state index in [0.717, 1.165) is 29.0 Å². The third-order valence-corrected chi connectivity index (χ3v) is 2.61. The number of nitrogens with zero attached hydrogens (tertiary/aromatic N) is 2. The molecule has 0 aliphatic rings. The molecule has 1 aromatic heterocycles. The Kier molecular flexibility index (Phi) is 3.32. The van der Waals surface area contributed by atoms with Gasteiger partial charge in [-0.3, -0.25) is 0 Å². The van der Waals surface area contributed by atoms with E-state index in [4.69, 9.17) is 0 Å². The second kappa shape index (κ2) is 4.76. The highest BCUT2D eigenvalue weighted by Crippen LogP contribution is 2.29. The number of hydrogen-bond acceptors (Lipinski definition) is 2. The van der Waals surface area contributed by atoms with Gasteiger partial charge < -0.3 is 0 Å². The number of aryl methyl sites for hydroxylation is 1. The quantitative estimate of drug-likeness (QED) is 0.819. The minimum Gasteiger partial charge on any atom is -0.241 e. The zero-order valence-corrected chi connectivity index (χ0v) is 9.62. The van der Waals surface area contributed by atoms with E-state index in [-0.39, 0.29) is 0 Å². The molecule has 18 heavy (non-hydrogen) atoms. The molecular weight excluding hydrogens is 241 g/mol. The first-order chi connectivity index (χ1) is 8.47. The van der Waals surface area contributed by atoms with Gasteiger partial charge in [0, 0.05) is 17.7 Å². The molecule has 0 N–H and O–H groups in total. The molecule has 2 nitrogen and oxygen atoms in total. The number of aromatic nitrogens is 2. The van der Waals surface area contributed by atoms with Gasteiger partial charge in [-0.05, 0) is 24.6 Å². The molecule has 2 rings (SSSR count). The standard InChI is InChI=1S/C13H10F3N2/c1-9-11(7-17-8-18-9)6-10-2-4-12(5-3-10)13(14,15)16/h2-5,8H,6H2,1H3. The van der Waals surface area contributed by atoms with Crippen LogP contribution in [0.3, 0.4) is 0 Å². The third-order valence-electron chi connectivity index (χ3n) is 2.61. The number of alkyl halides is 3. The van der Waals surface area contributed by atoms with Crippen molar-refractivity contribution in [3.05, 3.63) is 59.2 Å². The molecule has 0 aliphatic heterocycles. The Morgan fingerprint density at radius 1 is 1.17 bits per heavy atom. The van der Waals surface area contributed by atoms with Gasteiger partial charge in [0.1, 0.15) is 6.33 Å². The molecule has 0 unspecified atom stereocenters. The number of halogens is 3. The number of benzene rings is 1. The Bertz CT molecular complexity index is 533. The summed E-state index contributed by atoms with van der Waals surface area (Å²) in [7, 11) is 0. The van der Waals surface area contributed by atoms with Crippen LogP contribution in [0.1, 0.15) is 22.4 Å². The Morgan fingerprint density at radius 2 is 1.83 bits per heavy atom. The first kappa shape index (κ1) is 12.5. The summed E-state index contributed by atoms with van der Waals surface area (Å²) in [6.45, 7) is 1.82. The van der Waals surface area contributed by atoms with Gasteiger partial charge >= 0.3 is 6.18 Å². The first-order valence-electron chi connectivity index (χ1n) is 5.31. The SMILES string of the molecule is Cc1ncn[c]c1Cc1ccc(C(F)(F)F)cc1. The van der Waals surface area contributed by atoms with Crippen LogP contribution in [0.25, 0.3) is 0 Å². The lowest BCUT2D eigenvalue weighted by Crippen LogP contribution is -2.04. The van der Waals surface area contributed by atoms with Crippen LogP contribution in [-0.4, -0.2) is 9.97 Å².